The molecule has 1 unspecified atom stereocenters. The molecule has 0 amide bonds. The zero-order chi connectivity index (χ0) is 14.3. The van der Waals surface area contributed by atoms with Crippen LogP contribution in [0.5, 0.6) is 0 Å². The van der Waals surface area contributed by atoms with Gasteiger partial charge in [-0.05, 0) is 20.3 Å². The van der Waals surface area contributed by atoms with Crippen LogP contribution in [0.25, 0.3) is 0 Å². The number of piperazine rings is 1. The number of allylic oxidation sites excluding steroid dienone is 6. The van der Waals surface area contributed by atoms with Crippen molar-refractivity contribution >= 4 is 11.6 Å². The Morgan fingerprint density at radius 1 is 1.25 bits per heavy atom. The lowest BCUT2D eigenvalue weighted by atomic mass is 9.66. The Morgan fingerprint density at radius 3 is 2.65 bits per heavy atom. The van der Waals surface area contributed by atoms with Crippen LogP contribution in [0.1, 0.15) is 20.3 Å². The van der Waals surface area contributed by atoms with Crippen LogP contribution in [0.2, 0.25) is 0 Å². The molecule has 106 valence electrons. The molecule has 1 N–H and O–H groups in total. The maximum Gasteiger partial charge on any atom is 0.189 e. The zero-order valence-corrected chi connectivity index (χ0v) is 12.0. The number of carbonyl (C=O) groups excluding carboxylic acids is 2. The summed E-state index contributed by atoms with van der Waals surface area (Å²) in [4.78, 5) is 27.7. The van der Waals surface area contributed by atoms with Crippen LogP contribution < -0.4 is 5.32 Å². The van der Waals surface area contributed by atoms with Crippen LogP contribution in [0, 0.1) is 5.41 Å². The summed E-state index contributed by atoms with van der Waals surface area (Å²) in [6.45, 7) is 6.98. The highest BCUT2D eigenvalue weighted by molar-refractivity contribution is 6.23. The van der Waals surface area contributed by atoms with Crippen LogP contribution in [0.4, 0.5) is 0 Å². The molecular formula is C16H20N2O2. The lowest BCUT2D eigenvalue weighted by Crippen LogP contribution is -2.50. The maximum atomic E-state index is 13.0. The first-order valence-corrected chi connectivity index (χ1v) is 7.19. The van der Waals surface area contributed by atoms with Crippen molar-refractivity contribution < 1.29 is 9.59 Å². The number of rotatable bonds is 1. The second-order valence-electron chi connectivity index (χ2n) is 5.91. The number of ketones is 2. The average Bonchev–Trinajstić information content (AvgIpc) is 2.47. The molecule has 0 aromatic rings. The van der Waals surface area contributed by atoms with E-state index in [1.165, 1.54) is 0 Å². The van der Waals surface area contributed by atoms with Gasteiger partial charge >= 0.3 is 0 Å². The predicted octanol–water partition coefficient (Wildman–Crippen LogP) is 1.21. The van der Waals surface area contributed by atoms with Crippen molar-refractivity contribution in [2.75, 3.05) is 26.2 Å². The summed E-state index contributed by atoms with van der Waals surface area (Å²) in [6, 6.07) is 0. The Kier molecular flexibility index (Phi) is 3.13. The number of nitrogens with one attached hydrogen (secondary N) is 1. The standard InChI is InChI=1S/C16H20N2O2/c1-11-13(18-9-7-17-8-10-18)15(20)16(2)6-4-3-5-12(16)14(11)19/h3-5,17H,6-10H2,1-2H3. The highest BCUT2D eigenvalue weighted by Crippen LogP contribution is 2.44. The molecule has 0 aromatic carbocycles. The van der Waals surface area contributed by atoms with E-state index in [1.807, 2.05) is 25.2 Å². The fourth-order valence-corrected chi connectivity index (χ4v) is 3.31. The SMILES string of the molecule is CC1=C(N2CCNCC2)C(=O)C2(C)CC=CC=C2C1=O. The summed E-state index contributed by atoms with van der Waals surface area (Å²) in [6.07, 6.45) is 6.28. The van der Waals surface area contributed by atoms with E-state index in [-0.39, 0.29) is 11.6 Å². The van der Waals surface area contributed by atoms with Crippen molar-refractivity contribution in [3.05, 3.63) is 35.1 Å². The average molecular weight is 272 g/mol. The number of carbonyl (C=O) groups is 2. The number of hydrogen-bond acceptors (Lipinski definition) is 4. The monoisotopic (exact) mass is 272 g/mol. The van der Waals surface area contributed by atoms with Crippen LogP contribution in [0.15, 0.2) is 35.1 Å². The fraction of sp³-hybridized carbons (Fsp3) is 0.500. The molecule has 1 saturated heterocycles. The van der Waals surface area contributed by atoms with Gasteiger partial charge in [-0.15, -0.1) is 0 Å². The van der Waals surface area contributed by atoms with Gasteiger partial charge in [-0.25, -0.2) is 0 Å². The van der Waals surface area contributed by atoms with Gasteiger partial charge in [-0.1, -0.05) is 18.2 Å². The van der Waals surface area contributed by atoms with E-state index in [4.69, 9.17) is 0 Å². The van der Waals surface area contributed by atoms with Crippen LogP contribution in [0.3, 0.4) is 0 Å². The minimum absolute atomic E-state index is 0.0324. The molecule has 1 atom stereocenters. The number of Topliss-reactive ketones (excluding diaryl/α,β-unsaturated/α-hetero) is 2. The van der Waals surface area contributed by atoms with E-state index in [0.29, 0.717) is 23.3 Å². The third-order valence-corrected chi connectivity index (χ3v) is 4.61. The van der Waals surface area contributed by atoms with Crippen molar-refractivity contribution in [2.24, 2.45) is 5.41 Å². The summed E-state index contributed by atoms with van der Waals surface area (Å²) in [5.74, 6) is 0.136. The van der Waals surface area contributed by atoms with Crippen molar-refractivity contribution in [3.63, 3.8) is 0 Å². The first-order chi connectivity index (χ1) is 9.55. The van der Waals surface area contributed by atoms with Gasteiger partial charge in [0, 0.05) is 37.3 Å². The smallest absolute Gasteiger partial charge is 0.189 e. The van der Waals surface area contributed by atoms with Gasteiger partial charge in [0.25, 0.3) is 0 Å². The second kappa shape index (κ2) is 4.70. The molecular weight excluding hydrogens is 252 g/mol. The first kappa shape index (κ1) is 13.3. The fourth-order valence-electron chi connectivity index (χ4n) is 3.31. The van der Waals surface area contributed by atoms with Crippen molar-refractivity contribution in [3.8, 4) is 0 Å². The minimum atomic E-state index is -0.675. The predicted molar refractivity (Wildman–Crippen MR) is 77.1 cm³/mol. The molecule has 1 heterocycles. The Hall–Kier alpha value is -1.68. The quantitative estimate of drug-likeness (QED) is 0.779. The van der Waals surface area contributed by atoms with Gasteiger partial charge in [-0.2, -0.15) is 0 Å². The molecule has 20 heavy (non-hydrogen) atoms. The van der Waals surface area contributed by atoms with Gasteiger partial charge in [0.15, 0.2) is 11.6 Å². The minimum Gasteiger partial charge on any atom is -0.366 e. The van der Waals surface area contributed by atoms with Gasteiger partial charge in [0.2, 0.25) is 0 Å². The molecule has 0 bridgehead atoms. The molecule has 3 aliphatic rings. The topological polar surface area (TPSA) is 49.4 Å². The number of nitrogens with zero attached hydrogens (tertiary/aromatic N) is 1. The lowest BCUT2D eigenvalue weighted by molar-refractivity contribution is -0.128. The Balaban J connectivity index is 2.08. The van der Waals surface area contributed by atoms with Gasteiger partial charge in [0.1, 0.15) is 0 Å². The van der Waals surface area contributed by atoms with Gasteiger partial charge in [0.05, 0.1) is 11.1 Å². The maximum absolute atomic E-state index is 13.0. The van der Waals surface area contributed by atoms with Crippen LogP contribution >= 0.6 is 0 Å². The number of fused-ring (bicyclic) bond motifs is 1. The van der Waals surface area contributed by atoms with Crippen LogP contribution in [-0.2, 0) is 9.59 Å². The summed E-state index contributed by atoms with van der Waals surface area (Å²) in [5.41, 5.74) is 1.23. The zero-order valence-electron chi connectivity index (χ0n) is 12.0. The largest absolute Gasteiger partial charge is 0.366 e. The van der Waals surface area contributed by atoms with Gasteiger partial charge in [-0.3, -0.25) is 9.59 Å². The highest BCUT2D eigenvalue weighted by atomic mass is 16.1. The second-order valence-corrected chi connectivity index (χ2v) is 5.91. The van der Waals surface area contributed by atoms with E-state index < -0.39 is 5.41 Å². The molecule has 4 nitrogen and oxygen atoms in total. The van der Waals surface area contributed by atoms with Crippen molar-refractivity contribution in [2.45, 2.75) is 20.3 Å². The van der Waals surface area contributed by atoms with Gasteiger partial charge < -0.3 is 10.2 Å². The van der Waals surface area contributed by atoms with Crippen LogP contribution in [-0.4, -0.2) is 42.6 Å². The molecule has 0 radical (unpaired) electrons. The molecule has 0 aromatic heterocycles. The third kappa shape index (κ3) is 1.79. The Bertz CT molecular complexity index is 565. The summed E-state index contributed by atoms with van der Waals surface area (Å²) >= 11 is 0. The third-order valence-electron chi connectivity index (χ3n) is 4.61. The van der Waals surface area contributed by atoms with Crippen molar-refractivity contribution in [1.29, 1.82) is 0 Å². The molecule has 0 saturated carbocycles. The normalized spacial score (nSPS) is 30.5. The molecule has 0 spiro atoms. The highest BCUT2D eigenvalue weighted by Gasteiger charge is 2.48. The molecule has 3 rings (SSSR count). The van der Waals surface area contributed by atoms with E-state index in [1.54, 1.807) is 6.92 Å². The van der Waals surface area contributed by atoms with E-state index in [9.17, 15) is 9.59 Å². The molecule has 4 heteroatoms. The molecule has 1 aliphatic heterocycles. The molecule has 2 aliphatic carbocycles. The summed E-state index contributed by atoms with van der Waals surface area (Å²) < 4.78 is 0. The lowest BCUT2D eigenvalue weighted by Gasteiger charge is -2.41. The van der Waals surface area contributed by atoms with Crippen molar-refractivity contribution in [1.82, 2.24) is 10.2 Å². The summed E-state index contributed by atoms with van der Waals surface area (Å²) in [5, 5.41) is 3.28. The first-order valence-electron chi connectivity index (χ1n) is 7.19. The molecule has 1 fully saturated rings. The van der Waals surface area contributed by atoms with E-state index in [2.05, 4.69) is 10.2 Å². The van der Waals surface area contributed by atoms with E-state index >= 15 is 0 Å². The van der Waals surface area contributed by atoms with E-state index in [0.717, 1.165) is 26.2 Å². The Morgan fingerprint density at radius 2 is 1.95 bits per heavy atom. The Labute approximate surface area is 119 Å². The number of hydrogen-bond donors (Lipinski definition) is 1. The summed E-state index contributed by atoms with van der Waals surface area (Å²) in [7, 11) is 0.